The smallest absolute Gasteiger partial charge is 0.0966 e. The first-order valence-electron chi connectivity index (χ1n) is 7.32. The van der Waals surface area contributed by atoms with E-state index >= 15 is 0 Å². The summed E-state index contributed by atoms with van der Waals surface area (Å²) >= 11 is 14.6. The number of hydrogen-bond donors (Lipinski definition) is 0. The van der Waals surface area contributed by atoms with Crippen molar-refractivity contribution in [3.05, 3.63) is 71.8 Å². The summed E-state index contributed by atoms with van der Waals surface area (Å²) in [5.74, 6) is 0. The van der Waals surface area contributed by atoms with Gasteiger partial charge in [-0.25, -0.2) is 0 Å². The van der Waals surface area contributed by atoms with Gasteiger partial charge in [-0.3, -0.25) is 0 Å². The van der Waals surface area contributed by atoms with E-state index in [0.29, 0.717) is 0 Å². The molecule has 0 aromatic heterocycles. The van der Waals surface area contributed by atoms with Crippen molar-refractivity contribution in [1.29, 1.82) is 0 Å². The van der Waals surface area contributed by atoms with Gasteiger partial charge in [-0.1, -0.05) is 124 Å². The molecule has 0 heterocycles. The summed E-state index contributed by atoms with van der Waals surface area (Å²) in [6.45, 7) is 0. The van der Waals surface area contributed by atoms with Crippen molar-refractivity contribution in [2.45, 2.75) is 21.9 Å². The molecule has 0 saturated carbocycles. The van der Waals surface area contributed by atoms with Crippen LogP contribution in [0.5, 0.6) is 0 Å². The first-order chi connectivity index (χ1) is 11.2. The second-order valence-corrected chi connectivity index (χ2v) is 8.79. The molecule has 23 heavy (non-hydrogen) atoms. The van der Waals surface area contributed by atoms with Gasteiger partial charge in [0.25, 0.3) is 0 Å². The Morgan fingerprint density at radius 2 is 1.00 bits per heavy atom. The van der Waals surface area contributed by atoms with Crippen LogP contribution in [0.1, 0.15) is 23.3 Å². The fourth-order valence-corrected chi connectivity index (χ4v) is 3.89. The quantitative estimate of drug-likeness (QED) is 0.318. The molecule has 0 bridgehead atoms. The molecule has 2 aromatic rings. The molecule has 0 fully saturated rings. The Labute approximate surface area is 171 Å². The lowest BCUT2D eigenvalue weighted by molar-refractivity contribution is -0.00969. The van der Waals surface area contributed by atoms with Gasteiger partial charge in [0.2, 0.25) is 0 Å². The Bertz CT molecular complexity index is 512. The van der Waals surface area contributed by atoms with Crippen molar-refractivity contribution >= 4 is 63.7 Å². The highest BCUT2D eigenvalue weighted by atomic mass is 79.9. The van der Waals surface area contributed by atoms with Gasteiger partial charge in [-0.2, -0.15) is 0 Å². The van der Waals surface area contributed by atoms with Crippen LogP contribution in [0.15, 0.2) is 60.7 Å². The van der Waals surface area contributed by atoms with Crippen molar-refractivity contribution < 1.29 is 4.74 Å². The summed E-state index contributed by atoms with van der Waals surface area (Å²) in [7, 11) is 0. The summed E-state index contributed by atoms with van der Waals surface area (Å²) in [4.78, 5) is 0.372. The predicted octanol–water partition coefficient (Wildman–Crippen LogP) is 6.80. The molecule has 0 amide bonds. The molecule has 4 atom stereocenters. The highest BCUT2D eigenvalue weighted by molar-refractivity contribution is 9.12. The maximum atomic E-state index is 6.57. The predicted molar refractivity (Wildman–Crippen MR) is 112 cm³/mol. The molecule has 5 heteroatoms. The van der Waals surface area contributed by atoms with Gasteiger partial charge in [-0.05, 0) is 11.1 Å². The summed E-state index contributed by atoms with van der Waals surface area (Å²) in [5.41, 5.74) is 2.34. The maximum Gasteiger partial charge on any atom is 0.0966 e. The zero-order chi connectivity index (χ0) is 16.7. The van der Waals surface area contributed by atoms with Crippen molar-refractivity contribution in [3.8, 4) is 0 Å². The summed E-state index contributed by atoms with van der Waals surface area (Å²) in [6.07, 6.45) is -0.0836. The van der Waals surface area contributed by atoms with Crippen molar-refractivity contribution in [3.63, 3.8) is 0 Å². The first-order valence-corrected chi connectivity index (χ1v) is 11.4. The molecule has 0 radical (unpaired) electrons. The van der Waals surface area contributed by atoms with Gasteiger partial charge in [0.1, 0.15) is 0 Å². The largest absolute Gasteiger partial charge is 0.363 e. The third-order valence-electron chi connectivity index (χ3n) is 3.50. The molecule has 0 aliphatic rings. The number of benzene rings is 2. The Hall–Kier alpha value is 0.320. The Kier molecular flexibility index (Phi) is 8.83. The highest BCUT2D eigenvalue weighted by Gasteiger charge is 2.29. The van der Waals surface area contributed by atoms with Crippen molar-refractivity contribution in [2.75, 3.05) is 10.7 Å². The van der Waals surface area contributed by atoms with E-state index in [2.05, 4.69) is 88.0 Å². The number of alkyl halides is 4. The van der Waals surface area contributed by atoms with Crippen LogP contribution >= 0.6 is 63.7 Å². The number of rotatable bonds is 8. The molecule has 0 spiro atoms. The van der Waals surface area contributed by atoms with Crippen LogP contribution < -0.4 is 0 Å². The Morgan fingerprint density at radius 1 is 0.652 bits per heavy atom. The lowest BCUT2D eigenvalue weighted by atomic mass is 10.0. The minimum atomic E-state index is -0.0418. The van der Waals surface area contributed by atoms with Gasteiger partial charge >= 0.3 is 0 Å². The SMILES string of the molecule is BrCC(Br)C(OC(c1ccccc1)C(Br)CBr)c1ccccc1. The van der Waals surface area contributed by atoms with E-state index in [1.54, 1.807) is 0 Å². The monoisotopic (exact) mass is 566 g/mol. The molecule has 2 aromatic carbocycles. The van der Waals surface area contributed by atoms with E-state index in [1.165, 1.54) is 11.1 Å². The molecule has 4 unspecified atom stereocenters. The Morgan fingerprint density at radius 3 is 1.30 bits per heavy atom. The number of halogens is 4. The van der Waals surface area contributed by atoms with Crippen LogP contribution in [0.4, 0.5) is 0 Å². The van der Waals surface area contributed by atoms with Gasteiger partial charge < -0.3 is 4.74 Å². The van der Waals surface area contributed by atoms with Gasteiger partial charge in [-0.15, -0.1) is 0 Å². The molecule has 0 N–H and O–H groups in total. The average Bonchev–Trinajstić information content (AvgIpc) is 2.63. The molecule has 124 valence electrons. The molecule has 0 saturated heterocycles. The fraction of sp³-hybridized carbons (Fsp3) is 0.333. The molecule has 2 rings (SSSR count). The minimum absolute atomic E-state index is 0.0418. The summed E-state index contributed by atoms with van der Waals surface area (Å²) in [5, 5.41) is 1.63. The van der Waals surface area contributed by atoms with Gasteiger partial charge in [0, 0.05) is 10.7 Å². The zero-order valence-electron chi connectivity index (χ0n) is 12.4. The van der Waals surface area contributed by atoms with Crippen LogP contribution in [0.2, 0.25) is 0 Å². The van der Waals surface area contributed by atoms with Crippen molar-refractivity contribution in [1.82, 2.24) is 0 Å². The lowest BCUT2D eigenvalue weighted by Gasteiger charge is -2.30. The van der Waals surface area contributed by atoms with Gasteiger partial charge in [0.15, 0.2) is 0 Å². The lowest BCUT2D eigenvalue weighted by Crippen LogP contribution is -2.25. The van der Waals surface area contributed by atoms with Crippen LogP contribution in [0, 0.1) is 0 Å². The number of ether oxygens (including phenoxy) is 1. The van der Waals surface area contributed by atoms with E-state index in [9.17, 15) is 0 Å². The second-order valence-electron chi connectivity index (χ2n) is 5.14. The maximum absolute atomic E-state index is 6.57. The van der Waals surface area contributed by atoms with E-state index in [-0.39, 0.29) is 21.9 Å². The highest BCUT2D eigenvalue weighted by Crippen LogP contribution is 2.37. The Balaban J connectivity index is 2.30. The first kappa shape index (κ1) is 19.6. The average molecular weight is 570 g/mol. The third-order valence-corrected chi connectivity index (χ3v) is 8.24. The van der Waals surface area contributed by atoms with Crippen LogP contribution in [0.25, 0.3) is 0 Å². The fourth-order valence-electron chi connectivity index (χ4n) is 2.35. The second kappa shape index (κ2) is 10.3. The topological polar surface area (TPSA) is 9.23 Å². The molecular formula is C18H18Br4O. The molecule has 1 nitrogen and oxygen atoms in total. The standard InChI is InChI=1S/C18H18Br4O/c19-11-15(21)17(13-7-3-1-4-8-13)23-18(16(22)12-20)14-9-5-2-6-10-14/h1-10,15-18H,11-12H2. The van der Waals surface area contributed by atoms with Gasteiger partial charge in [0.05, 0.1) is 21.9 Å². The van der Waals surface area contributed by atoms with Crippen LogP contribution in [0.3, 0.4) is 0 Å². The molecular weight excluding hydrogens is 552 g/mol. The zero-order valence-corrected chi connectivity index (χ0v) is 18.8. The summed E-state index contributed by atoms with van der Waals surface area (Å²) < 4.78 is 6.57. The molecule has 0 aliphatic carbocycles. The summed E-state index contributed by atoms with van der Waals surface area (Å²) in [6, 6.07) is 20.7. The van der Waals surface area contributed by atoms with Crippen LogP contribution in [-0.4, -0.2) is 20.3 Å². The third kappa shape index (κ3) is 5.67. The molecule has 0 aliphatic heterocycles. The van der Waals surface area contributed by atoms with E-state index in [1.807, 2.05) is 36.4 Å². The van der Waals surface area contributed by atoms with Crippen molar-refractivity contribution in [2.24, 2.45) is 0 Å². The normalized spacial score (nSPS) is 16.5. The number of hydrogen-bond acceptors (Lipinski definition) is 1. The van der Waals surface area contributed by atoms with Crippen LogP contribution in [-0.2, 0) is 4.74 Å². The van der Waals surface area contributed by atoms with E-state index < -0.39 is 0 Å². The minimum Gasteiger partial charge on any atom is -0.363 e. The van der Waals surface area contributed by atoms with E-state index in [0.717, 1.165) is 10.7 Å². The van der Waals surface area contributed by atoms with E-state index in [4.69, 9.17) is 4.74 Å².